The number of aliphatic hydroxyl groups excluding tert-OH is 1. The first-order chi connectivity index (χ1) is 9.54. The highest BCUT2D eigenvalue weighted by Gasteiger charge is 2.14. The first kappa shape index (κ1) is 14.1. The SMILES string of the molecule is COc1cc2c(=O)n(CCO)c(=O)n(C)c2cc1OC. The molecule has 0 saturated carbocycles. The molecule has 1 heterocycles. The van der Waals surface area contributed by atoms with Crippen LogP contribution in [0.15, 0.2) is 21.7 Å². The van der Waals surface area contributed by atoms with Gasteiger partial charge >= 0.3 is 5.69 Å². The molecule has 0 spiro atoms. The van der Waals surface area contributed by atoms with Crippen molar-refractivity contribution in [3.63, 3.8) is 0 Å². The molecule has 1 N–H and O–H groups in total. The van der Waals surface area contributed by atoms with Crippen LogP contribution < -0.4 is 20.7 Å². The van der Waals surface area contributed by atoms with Crippen LogP contribution in [0.2, 0.25) is 0 Å². The molecule has 0 amide bonds. The zero-order valence-electron chi connectivity index (χ0n) is 11.5. The Morgan fingerprint density at radius 1 is 1.15 bits per heavy atom. The molecule has 1 aromatic carbocycles. The van der Waals surface area contributed by atoms with E-state index in [0.29, 0.717) is 22.4 Å². The van der Waals surface area contributed by atoms with Crippen LogP contribution in [0, 0.1) is 0 Å². The maximum atomic E-state index is 12.3. The van der Waals surface area contributed by atoms with Crippen LogP contribution in [-0.2, 0) is 13.6 Å². The lowest BCUT2D eigenvalue weighted by Gasteiger charge is -2.13. The van der Waals surface area contributed by atoms with Crippen molar-refractivity contribution in [2.75, 3.05) is 20.8 Å². The molecule has 0 aliphatic carbocycles. The van der Waals surface area contributed by atoms with E-state index in [4.69, 9.17) is 14.6 Å². The van der Waals surface area contributed by atoms with Crippen LogP contribution in [0.1, 0.15) is 0 Å². The van der Waals surface area contributed by atoms with Crippen LogP contribution in [0.4, 0.5) is 0 Å². The average molecular weight is 280 g/mol. The maximum Gasteiger partial charge on any atom is 0.331 e. The zero-order chi connectivity index (χ0) is 14.9. The first-order valence-electron chi connectivity index (χ1n) is 6.01. The number of benzene rings is 1. The standard InChI is InChI=1S/C13H16N2O5/c1-14-9-7-11(20-3)10(19-2)6-8(9)12(17)15(4-5-16)13(14)18/h6-7,16H,4-5H2,1-3H3. The largest absolute Gasteiger partial charge is 0.493 e. The molecule has 7 heteroatoms. The second kappa shape index (κ2) is 5.38. The normalized spacial score (nSPS) is 10.8. The number of hydrogen-bond acceptors (Lipinski definition) is 5. The summed E-state index contributed by atoms with van der Waals surface area (Å²) in [5.74, 6) is 0.848. The monoisotopic (exact) mass is 280 g/mol. The van der Waals surface area contributed by atoms with Gasteiger partial charge in [-0.05, 0) is 6.07 Å². The molecule has 0 bridgehead atoms. The molecule has 1 aromatic heterocycles. The van der Waals surface area contributed by atoms with Gasteiger partial charge in [-0.2, -0.15) is 0 Å². The number of aliphatic hydroxyl groups is 1. The van der Waals surface area contributed by atoms with Crippen LogP contribution in [-0.4, -0.2) is 35.1 Å². The van der Waals surface area contributed by atoms with Crippen molar-refractivity contribution in [1.82, 2.24) is 9.13 Å². The number of methoxy groups -OCH3 is 2. The second-order valence-corrected chi connectivity index (χ2v) is 4.25. The summed E-state index contributed by atoms with van der Waals surface area (Å²) in [4.78, 5) is 24.4. The molecule has 108 valence electrons. The van der Waals surface area contributed by atoms with E-state index < -0.39 is 11.2 Å². The molecule has 7 nitrogen and oxygen atoms in total. The van der Waals surface area contributed by atoms with E-state index in [1.165, 1.54) is 24.9 Å². The summed E-state index contributed by atoms with van der Waals surface area (Å²) >= 11 is 0. The minimum Gasteiger partial charge on any atom is -0.493 e. The Bertz CT molecular complexity index is 760. The quantitative estimate of drug-likeness (QED) is 0.832. The van der Waals surface area contributed by atoms with Gasteiger partial charge < -0.3 is 14.6 Å². The lowest BCUT2D eigenvalue weighted by atomic mass is 10.2. The van der Waals surface area contributed by atoms with Gasteiger partial charge in [0.15, 0.2) is 11.5 Å². The predicted molar refractivity (Wildman–Crippen MR) is 73.6 cm³/mol. The van der Waals surface area contributed by atoms with Crippen molar-refractivity contribution in [2.24, 2.45) is 7.05 Å². The Balaban J connectivity index is 2.93. The molecule has 0 aliphatic heterocycles. The Morgan fingerprint density at radius 3 is 2.30 bits per heavy atom. The minimum atomic E-state index is -0.483. The fourth-order valence-electron chi connectivity index (χ4n) is 2.13. The summed E-state index contributed by atoms with van der Waals surface area (Å²) in [5, 5.41) is 9.29. The summed E-state index contributed by atoms with van der Waals surface area (Å²) in [5.41, 5.74) is -0.492. The Labute approximate surface area is 114 Å². The van der Waals surface area contributed by atoms with E-state index in [0.717, 1.165) is 4.57 Å². The van der Waals surface area contributed by atoms with Gasteiger partial charge in [-0.25, -0.2) is 4.79 Å². The average Bonchev–Trinajstić information content (AvgIpc) is 2.47. The van der Waals surface area contributed by atoms with Crippen molar-refractivity contribution >= 4 is 10.9 Å². The van der Waals surface area contributed by atoms with Crippen molar-refractivity contribution < 1.29 is 14.6 Å². The molecular formula is C13H16N2O5. The maximum absolute atomic E-state index is 12.3. The van der Waals surface area contributed by atoms with Crippen molar-refractivity contribution in [3.05, 3.63) is 33.0 Å². The number of rotatable bonds is 4. The number of hydrogen-bond donors (Lipinski definition) is 1. The van der Waals surface area contributed by atoms with Crippen molar-refractivity contribution in [3.8, 4) is 11.5 Å². The topological polar surface area (TPSA) is 82.7 Å². The third kappa shape index (κ3) is 2.05. The fraction of sp³-hybridized carbons (Fsp3) is 0.385. The van der Waals surface area contributed by atoms with Crippen LogP contribution in [0.5, 0.6) is 11.5 Å². The lowest BCUT2D eigenvalue weighted by molar-refractivity contribution is 0.271. The third-order valence-corrected chi connectivity index (χ3v) is 3.18. The summed E-state index contributed by atoms with van der Waals surface area (Å²) < 4.78 is 12.7. The Hall–Kier alpha value is -2.28. The highest BCUT2D eigenvalue weighted by atomic mass is 16.5. The van der Waals surface area contributed by atoms with E-state index >= 15 is 0 Å². The van der Waals surface area contributed by atoms with E-state index in [9.17, 15) is 9.59 Å². The van der Waals surface area contributed by atoms with Crippen LogP contribution in [0.25, 0.3) is 10.9 Å². The summed E-state index contributed by atoms with van der Waals surface area (Å²) in [7, 11) is 4.51. The highest BCUT2D eigenvalue weighted by Crippen LogP contribution is 2.30. The zero-order valence-corrected chi connectivity index (χ0v) is 11.5. The molecule has 2 rings (SSSR count). The Morgan fingerprint density at radius 2 is 1.75 bits per heavy atom. The van der Waals surface area contributed by atoms with Gasteiger partial charge in [-0.1, -0.05) is 0 Å². The third-order valence-electron chi connectivity index (χ3n) is 3.18. The van der Waals surface area contributed by atoms with Gasteiger partial charge in [0.25, 0.3) is 5.56 Å². The number of nitrogens with zero attached hydrogens (tertiary/aromatic N) is 2. The minimum absolute atomic E-state index is 0.0458. The van der Waals surface area contributed by atoms with E-state index in [1.54, 1.807) is 13.1 Å². The lowest BCUT2D eigenvalue weighted by Crippen LogP contribution is -2.39. The summed E-state index contributed by atoms with van der Waals surface area (Å²) in [6.07, 6.45) is 0. The van der Waals surface area contributed by atoms with Crippen molar-refractivity contribution in [1.29, 1.82) is 0 Å². The van der Waals surface area contributed by atoms with Gasteiger partial charge in [-0.3, -0.25) is 13.9 Å². The fourth-order valence-corrected chi connectivity index (χ4v) is 2.13. The van der Waals surface area contributed by atoms with Crippen LogP contribution in [0.3, 0.4) is 0 Å². The summed E-state index contributed by atoms with van der Waals surface area (Å²) in [6, 6.07) is 3.12. The highest BCUT2D eigenvalue weighted by molar-refractivity contribution is 5.82. The van der Waals surface area contributed by atoms with E-state index in [2.05, 4.69) is 0 Å². The predicted octanol–water partition coefficient (Wildman–Crippen LogP) is -0.290. The second-order valence-electron chi connectivity index (χ2n) is 4.25. The molecule has 0 aliphatic rings. The van der Waals surface area contributed by atoms with Gasteiger partial charge in [0.05, 0.1) is 38.3 Å². The molecule has 0 unspecified atom stereocenters. The molecule has 2 aromatic rings. The molecule has 0 atom stereocenters. The molecular weight excluding hydrogens is 264 g/mol. The van der Waals surface area contributed by atoms with Crippen LogP contribution >= 0.6 is 0 Å². The number of ether oxygens (including phenoxy) is 2. The molecule has 0 saturated heterocycles. The van der Waals surface area contributed by atoms with Crippen molar-refractivity contribution in [2.45, 2.75) is 6.54 Å². The summed E-state index contributed by atoms with van der Waals surface area (Å²) in [6.45, 7) is -0.330. The molecule has 0 radical (unpaired) electrons. The van der Waals surface area contributed by atoms with E-state index in [-0.39, 0.29) is 13.2 Å². The number of aromatic nitrogens is 2. The molecule has 20 heavy (non-hydrogen) atoms. The van der Waals surface area contributed by atoms with Gasteiger partial charge in [0, 0.05) is 13.1 Å². The first-order valence-corrected chi connectivity index (χ1v) is 6.01. The van der Waals surface area contributed by atoms with Gasteiger partial charge in [0.2, 0.25) is 0 Å². The van der Waals surface area contributed by atoms with Gasteiger partial charge in [-0.15, -0.1) is 0 Å². The van der Waals surface area contributed by atoms with Gasteiger partial charge in [0.1, 0.15) is 0 Å². The number of fused-ring (bicyclic) bond motifs is 1. The Kier molecular flexibility index (Phi) is 3.80. The van der Waals surface area contributed by atoms with E-state index in [1.807, 2.05) is 0 Å². The molecule has 0 fully saturated rings. The number of aryl methyl sites for hydroxylation is 1. The smallest absolute Gasteiger partial charge is 0.331 e.